The number of Topliss-reactive ketones (excluding diaryl/α,β-unsaturated/α-hetero) is 1. The van der Waals surface area contributed by atoms with Crippen LogP contribution < -0.4 is 23.7 Å². The van der Waals surface area contributed by atoms with E-state index in [2.05, 4.69) is 0 Å². The summed E-state index contributed by atoms with van der Waals surface area (Å²) < 4.78 is 27.2. The van der Waals surface area contributed by atoms with Gasteiger partial charge in [-0.05, 0) is 48.0 Å². The fraction of sp³-hybridized carbons (Fsp3) is 0.120. The van der Waals surface area contributed by atoms with Crippen LogP contribution in [0.15, 0.2) is 60.4 Å². The zero-order valence-corrected chi connectivity index (χ0v) is 18.8. The molecule has 7 nitrogen and oxygen atoms in total. The average molecular weight is 467 g/mol. The van der Waals surface area contributed by atoms with Gasteiger partial charge >= 0.3 is 5.97 Å². The lowest BCUT2D eigenvalue weighted by Gasteiger charge is -2.13. The van der Waals surface area contributed by atoms with Gasteiger partial charge in [0.15, 0.2) is 17.3 Å². The van der Waals surface area contributed by atoms with Crippen molar-refractivity contribution in [1.29, 1.82) is 0 Å². The molecule has 0 radical (unpaired) electrons. The summed E-state index contributed by atoms with van der Waals surface area (Å²) in [5.74, 6) is 1.02. The Bertz CT molecular complexity index is 1250. The van der Waals surface area contributed by atoms with E-state index < -0.39 is 5.97 Å². The molecule has 0 bridgehead atoms. The maximum absolute atomic E-state index is 12.8. The Morgan fingerprint density at radius 1 is 0.939 bits per heavy atom. The van der Waals surface area contributed by atoms with Crippen molar-refractivity contribution < 1.29 is 33.3 Å². The van der Waals surface area contributed by atoms with Crippen LogP contribution in [0, 0.1) is 0 Å². The second-order valence-corrected chi connectivity index (χ2v) is 7.33. The van der Waals surface area contributed by atoms with Crippen LogP contribution in [-0.2, 0) is 0 Å². The fourth-order valence-corrected chi connectivity index (χ4v) is 3.57. The first kappa shape index (κ1) is 22.2. The summed E-state index contributed by atoms with van der Waals surface area (Å²) in [6.45, 7) is 0. The minimum Gasteiger partial charge on any atom is -0.493 e. The first-order valence-corrected chi connectivity index (χ1v) is 10.2. The monoisotopic (exact) mass is 466 g/mol. The topological polar surface area (TPSA) is 80.3 Å². The number of halogens is 1. The zero-order valence-electron chi connectivity index (χ0n) is 18.0. The van der Waals surface area contributed by atoms with Gasteiger partial charge in [0.05, 0.1) is 37.5 Å². The molecule has 1 aliphatic rings. The Balaban J connectivity index is 1.60. The number of hydrogen-bond acceptors (Lipinski definition) is 7. The van der Waals surface area contributed by atoms with E-state index in [1.54, 1.807) is 48.5 Å². The normalized spacial score (nSPS) is 13.3. The number of carbonyl (C=O) groups excluding carboxylic acids is 2. The number of ketones is 1. The number of hydrogen-bond donors (Lipinski definition) is 0. The van der Waals surface area contributed by atoms with Gasteiger partial charge in [-0.25, -0.2) is 4.79 Å². The van der Waals surface area contributed by atoms with Crippen molar-refractivity contribution in [2.24, 2.45) is 0 Å². The zero-order chi connectivity index (χ0) is 23.5. The van der Waals surface area contributed by atoms with Gasteiger partial charge in [-0.2, -0.15) is 0 Å². The molecule has 0 saturated carbocycles. The van der Waals surface area contributed by atoms with Crippen molar-refractivity contribution in [1.82, 2.24) is 0 Å². The molecule has 3 aromatic rings. The molecule has 0 amide bonds. The number of carbonyl (C=O) groups is 2. The predicted molar refractivity (Wildman–Crippen MR) is 122 cm³/mol. The molecule has 0 unspecified atom stereocenters. The number of fused-ring (bicyclic) bond motifs is 1. The van der Waals surface area contributed by atoms with Crippen molar-refractivity contribution in [3.05, 3.63) is 82.1 Å². The number of ether oxygens (including phenoxy) is 5. The summed E-state index contributed by atoms with van der Waals surface area (Å²) in [7, 11) is 4.52. The summed E-state index contributed by atoms with van der Waals surface area (Å²) in [6.07, 6.45) is 1.57. The lowest BCUT2D eigenvalue weighted by molar-refractivity contribution is 0.0734. The van der Waals surface area contributed by atoms with E-state index in [0.717, 1.165) is 0 Å². The molecule has 0 fully saturated rings. The van der Waals surface area contributed by atoms with E-state index in [-0.39, 0.29) is 33.6 Å². The van der Waals surface area contributed by atoms with Gasteiger partial charge in [-0.1, -0.05) is 23.7 Å². The number of esters is 1. The first-order chi connectivity index (χ1) is 15.9. The Morgan fingerprint density at radius 3 is 2.27 bits per heavy atom. The molecule has 3 aromatic carbocycles. The molecule has 0 atom stereocenters. The average Bonchev–Trinajstić information content (AvgIpc) is 3.12. The molecule has 33 heavy (non-hydrogen) atoms. The van der Waals surface area contributed by atoms with E-state index in [1.807, 2.05) is 0 Å². The van der Waals surface area contributed by atoms with Gasteiger partial charge in [0.1, 0.15) is 11.5 Å². The lowest BCUT2D eigenvalue weighted by Crippen LogP contribution is -2.09. The number of rotatable bonds is 6. The molecule has 0 saturated heterocycles. The summed E-state index contributed by atoms with van der Waals surface area (Å²) in [6, 6.07) is 14.5. The van der Waals surface area contributed by atoms with Crippen molar-refractivity contribution >= 4 is 29.4 Å². The van der Waals surface area contributed by atoms with Crippen LogP contribution in [-0.4, -0.2) is 33.1 Å². The van der Waals surface area contributed by atoms with Crippen LogP contribution in [0.4, 0.5) is 0 Å². The highest BCUT2D eigenvalue weighted by atomic mass is 35.5. The second-order valence-electron chi connectivity index (χ2n) is 6.93. The number of allylic oxidation sites excluding steroid dienone is 1. The Labute approximate surface area is 195 Å². The molecule has 0 spiro atoms. The molecule has 4 rings (SSSR count). The molecule has 0 N–H and O–H groups in total. The van der Waals surface area contributed by atoms with Crippen molar-refractivity contribution in [3.8, 4) is 28.7 Å². The van der Waals surface area contributed by atoms with Crippen LogP contribution in [0.25, 0.3) is 6.08 Å². The third-order valence-electron chi connectivity index (χ3n) is 4.93. The van der Waals surface area contributed by atoms with Crippen LogP contribution in [0.2, 0.25) is 5.02 Å². The highest BCUT2D eigenvalue weighted by Crippen LogP contribution is 2.40. The standard InChI is InChI=1S/C25H19ClO7/c1-29-21-11-14(12-22(30-2)24(21)31-3)10-20-23(27)17-9-8-15(13-19(17)33-20)32-25(28)16-6-4-5-7-18(16)26/h4-13H,1-3H3. The van der Waals surface area contributed by atoms with Crippen molar-refractivity contribution in [2.75, 3.05) is 21.3 Å². The van der Waals surface area contributed by atoms with Crippen LogP contribution in [0.3, 0.4) is 0 Å². The smallest absolute Gasteiger partial charge is 0.345 e. The van der Waals surface area contributed by atoms with E-state index in [0.29, 0.717) is 28.4 Å². The minimum atomic E-state index is -0.613. The second kappa shape index (κ2) is 9.26. The van der Waals surface area contributed by atoms with E-state index in [9.17, 15) is 9.59 Å². The molecule has 1 heterocycles. The molecule has 1 aliphatic heterocycles. The molecule has 0 aromatic heterocycles. The largest absolute Gasteiger partial charge is 0.493 e. The first-order valence-electron chi connectivity index (χ1n) is 9.80. The van der Waals surface area contributed by atoms with Gasteiger partial charge in [0.25, 0.3) is 0 Å². The molecular weight excluding hydrogens is 448 g/mol. The van der Waals surface area contributed by atoms with E-state index in [4.69, 9.17) is 35.3 Å². The SMILES string of the molecule is COc1cc(C=C2Oc3cc(OC(=O)c4ccccc4Cl)ccc3C2=O)cc(OC)c1OC. The highest BCUT2D eigenvalue weighted by Gasteiger charge is 2.28. The molecule has 168 valence electrons. The quantitative estimate of drug-likeness (QED) is 0.280. The third-order valence-corrected chi connectivity index (χ3v) is 5.26. The number of benzene rings is 3. The maximum Gasteiger partial charge on any atom is 0.345 e. The Hall–Kier alpha value is -3.97. The summed E-state index contributed by atoms with van der Waals surface area (Å²) in [5.41, 5.74) is 1.21. The van der Waals surface area contributed by atoms with Crippen molar-refractivity contribution in [2.45, 2.75) is 0 Å². The molecule has 8 heteroatoms. The summed E-state index contributed by atoms with van der Waals surface area (Å²) in [4.78, 5) is 25.2. The lowest BCUT2D eigenvalue weighted by atomic mass is 10.1. The van der Waals surface area contributed by atoms with Crippen LogP contribution in [0.1, 0.15) is 26.3 Å². The Kier molecular flexibility index (Phi) is 6.24. The van der Waals surface area contributed by atoms with E-state index in [1.165, 1.54) is 33.5 Å². The van der Waals surface area contributed by atoms with Gasteiger partial charge in [0.2, 0.25) is 11.5 Å². The maximum atomic E-state index is 12.8. The third kappa shape index (κ3) is 4.36. The van der Waals surface area contributed by atoms with Gasteiger partial charge in [-0.15, -0.1) is 0 Å². The van der Waals surface area contributed by atoms with Crippen molar-refractivity contribution in [3.63, 3.8) is 0 Å². The van der Waals surface area contributed by atoms with Crippen LogP contribution in [0.5, 0.6) is 28.7 Å². The van der Waals surface area contributed by atoms with Gasteiger partial charge < -0.3 is 23.7 Å². The Morgan fingerprint density at radius 2 is 1.64 bits per heavy atom. The molecular formula is C25H19ClO7. The van der Waals surface area contributed by atoms with E-state index >= 15 is 0 Å². The molecule has 0 aliphatic carbocycles. The predicted octanol–water partition coefficient (Wildman–Crippen LogP) is 5.20. The minimum absolute atomic E-state index is 0.105. The summed E-state index contributed by atoms with van der Waals surface area (Å²) >= 11 is 6.05. The van der Waals surface area contributed by atoms with Crippen LogP contribution >= 0.6 is 11.6 Å². The summed E-state index contributed by atoms with van der Waals surface area (Å²) in [5, 5.41) is 0.283. The van der Waals surface area contributed by atoms with Gasteiger partial charge in [-0.3, -0.25) is 4.79 Å². The fourth-order valence-electron chi connectivity index (χ4n) is 3.36. The highest BCUT2D eigenvalue weighted by molar-refractivity contribution is 6.33. The van der Waals surface area contributed by atoms with Gasteiger partial charge in [0, 0.05) is 6.07 Å². The number of methoxy groups -OCH3 is 3.